The van der Waals surface area contributed by atoms with Gasteiger partial charge in [-0.05, 0) is 55.2 Å². The molecule has 154 valence electrons. The van der Waals surface area contributed by atoms with Gasteiger partial charge in [0.1, 0.15) is 0 Å². The molecule has 1 fully saturated rings. The van der Waals surface area contributed by atoms with Gasteiger partial charge in [-0.2, -0.15) is 0 Å². The van der Waals surface area contributed by atoms with E-state index < -0.39 is 5.60 Å². The van der Waals surface area contributed by atoms with Gasteiger partial charge in [-0.15, -0.1) is 0 Å². The third kappa shape index (κ3) is 4.96. The topological polar surface area (TPSA) is 49.2 Å². The largest absolute Gasteiger partial charge is 0.385 e. The Bertz CT molecular complexity index is 925. The normalized spacial score (nSPS) is 17.1. The molecular weight excluding hydrogens is 394 g/mol. The fraction of sp³-hybridized carbons (Fsp3) is 0.280. The Labute approximate surface area is 182 Å². The number of piperidine rings is 1. The third-order valence-electron chi connectivity index (χ3n) is 5.77. The fourth-order valence-corrected chi connectivity index (χ4v) is 4.13. The molecule has 5 heteroatoms. The molecule has 1 aliphatic rings. The highest BCUT2D eigenvalue weighted by atomic mass is 35.5. The number of hydrogen-bond acceptors (Lipinski definition) is 4. The van der Waals surface area contributed by atoms with E-state index in [1.807, 2.05) is 60.9 Å². The Hall–Kier alpha value is -2.53. The Kier molecular flexibility index (Phi) is 6.58. The molecule has 1 N–H and O–H groups in total. The van der Waals surface area contributed by atoms with Gasteiger partial charge >= 0.3 is 0 Å². The molecule has 0 atom stereocenters. The first-order valence-electron chi connectivity index (χ1n) is 10.4. The highest BCUT2D eigenvalue weighted by Gasteiger charge is 2.33. The van der Waals surface area contributed by atoms with E-state index in [9.17, 15) is 5.11 Å². The summed E-state index contributed by atoms with van der Waals surface area (Å²) in [4.78, 5) is 11.2. The Morgan fingerprint density at radius 1 is 1.03 bits per heavy atom. The molecule has 1 saturated heterocycles. The number of pyridine rings is 2. The summed E-state index contributed by atoms with van der Waals surface area (Å²) in [7, 11) is 0. The zero-order valence-corrected chi connectivity index (χ0v) is 17.7. The summed E-state index contributed by atoms with van der Waals surface area (Å²) in [6, 6.07) is 17.6. The maximum Gasteiger partial charge on any atom is 0.0920 e. The van der Waals surface area contributed by atoms with E-state index in [0.717, 1.165) is 61.3 Å². The molecule has 0 aliphatic carbocycles. The molecule has 0 bridgehead atoms. The van der Waals surface area contributed by atoms with Crippen molar-refractivity contribution in [3.8, 4) is 0 Å². The number of nitrogens with zero attached hydrogens (tertiary/aromatic N) is 3. The van der Waals surface area contributed by atoms with Crippen LogP contribution >= 0.6 is 11.6 Å². The lowest BCUT2D eigenvalue weighted by atomic mass is 9.84. The van der Waals surface area contributed by atoms with Crippen molar-refractivity contribution in [3.05, 3.63) is 101 Å². The monoisotopic (exact) mass is 419 g/mol. The van der Waals surface area contributed by atoms with Gasteiger partial charge in [0.2, 0.25) is 0 Å². The minimum atomic E-state index is -0.758. The van der Waals surface area contributed by atoms with E-state index in [1.165, 1.54) is 0 Å². The van der Waals surface area contributed by atoms with Crippen LogP contribution in [0.3, 0.4) is 0 Å². The van der Waals surface area contributed by atoms with Crippen molar-refractivity contribution in [2.75, 3.05) is 19.6 Å². The summed E-state index contributed by atoms with van der Waals surface area (Å²) in [5.74, 6) is 0. The van der Waals surface area contributed by atoms with Gasteiger partial charge in [-0.1, -0.05) is 41.9 Å². The minimum Gasteiger partial charge on any atom is -0.385 e. The van der Waals surface area contributed by atoms with Crippen molar-refractivity contribution in [1.82, 2.24) is 14.9 Å². The number of likely N-dealkylation sites (tertiary alicyclic amines) is 1. The van der Waals surface area contributed by atoms with Crippen molar-refractivity contribution >= 4 is 17.2 Å². The van der Waals surface area contributed by atoms with Crippen molar-refractivity contribution in [3.63, 3.8) is 0 Å². The molecule has 2 aromatic heterocycles. The van der Waals surface area contributed by atoms with Crippen LogP contribution < -0.4 is 0 Å². The number of rotatable bonds is 6. The number of aliphatic hydroxyl groups is 1. The molecule has 3 heterocycles. The van der Waals surface area contributed by atoms with Gasteiger partial charge < -0.3 is 10.0 Å². The zero-order valence-electron chi connectivity index (χ0n) is 16.9. The first kappa shape index (κ1) is 20.7. The second kappa shape index (κ2) is 9.52. The Morgan fingerprint density at radius 2 is 1.83 bits per heavy atom. The van der Waals surface area contributed by atoms with Gasteiger partial charge in [-0.3, -0.25) is 9.97 Å². The Balaban J connectivity index is 1.39. The van der Waals surface area contributed by atoms with Crippen LogP contribution in [0.15, 0.2) is 79.3 Å². The van der Waals surface area contributed by atoms with Crippen LogP contribution in [0.1, 0.15) is 36.1 Å². The van der Waals surface area contributed by atoms with Crippen LogP contribution in [-0.2, 0) is 5.60 Å². The van der Waals surface area contributed by atoms with Crippen molar-refractivity contribution < 1.29 is 5.11 Å². The third-order valence-corrected chi connectivity index (χ3v) is 6.02. The predicted molar refractivity (Wildman–Crippen MR) is 121 cm³/mol. The first-order valence-corrected chi connectivity index (χ1v) is 10.7. The maximum absolute atomic E-state index is 11.1. The van der Waals surface area contributed by atoms with Crippen LogP contribution in [0.4, 0.5) is 0 Å². The molecule has 0 spiro atoms. The fourth-order valence-electron chi connectivity index (χ4n) is 4.00. The molecule has 0 radical (unpaired) electrons. The average Bonchev–Trinajstić information content (AvgIpc) is 2.79. The van der Waals surface area contributed by atoms with Crippen LogP contribution in [0, 0.1) is 0 Å². The number of aromatic nitrogens is 2. The zero-order chi connectivity index (χ0) is 20.8. The van der Waals surface area contributed by atoms with E-state index >= 15 is 0 Å². The molecular formula is C25H26ClN3O. The van der Waals surface area contributed by atoms with Crippen molar-refractivity contribution in [2.45, 2.75) is 24.9 Å². The average molecular weight is 420 g/mol. The van der Waals surface area contributed by atoms with Crippen LogP contribution in [0.25, 0.3) is 5.57 Å². The molecule has 0 unspecified atom stereocenters. The standard InChI is InChI=1S/C25H26ClN3O/c26-22-10-8-21(9-11-22)25(30)12-17-29(18-13-25)16-4-6-23(20-5-3-14-27-19-20)24-7-1-2-15-28-24/h1-3,5-11,14-15,19,30H,4,12-13,16-18H2/b23-6-. The quantitative estimate of drug-likeness (QED) is 0.615. The van der Waals surface area contributed by atoms with Gasteiger partial charge in [0.15, 0.2) is 0 Å². The smallest absolute Gasteiger partial charge is 0.0920 e. The summed E-state index contributed by atoms with van der Waals surface area (Å²) in [5.41, 5.74) is 3.35. The first-order chi connectivity index (χ1) is 14.6. The second-order valence-electron chi connectivity index (χ2n) is 7.74. The van der Waals surface area contributed by atoms with E-state index in [4.69, 9.17) is 11.6 Å². The molecule has 1 aliphatic heterocycles. The highest BCUT2D eigenvalue weighted by Crippen LogP contribution is 2.33. The van der Waals surface area contributed by atoms with Crippen LogP contribution in [-0.4, -0.2) is 39.6 Å². The minimum absolute atomic E-state index is 0.698. The van der Waals surface area contributed by atoms with E-state index in [-0.39, 0.29) is 0 Å². The molecule has 1 aromatic carbocycles. The molecule has 4 rings (SSSR count). The Morgan fingerprint density at radius 3 is 2.50 bits per heavy atom. The molecule has 0 saturated carbocycles. The number of benzene rings is 1. The van der Waals surface area contributed by atoms with Gasteiger partial charge in [0, 0.05) is 54.4 Å². The molecule has 3 aromatic rings. The lowest BCUT2D eigenvalue weighted by Gasteiger charge is -2.38. The van der Waals surface area contributed by atoms with Crippen LogP contribution in [0.5, 0.6) is 0 Å². The summed E-state index contributed by atoms with van der Waals surface area (Å²) < 4.78 is 0. The molecule has 30 heavy (non-hydrogen) atoms. The highest BCUT2D eigenvalue weighted by molar-refractivity contribution is 6.30. The molecule has 4 nitrogen and oxygen atoms in total. The van der Waals surface area contributed by atoms with Gasteiger partial charge in [0.25, 0.3) is 0 Å². The SMILES string of the molecule is OC1(c2ccc(Cl)cc2)CCN(CC/C=C(/c2cccnc2)c2ccccn2)CC1. The van der Waals surface area contributed by atoms with Crippen molar-refractivity contribution in [2.24, 2.45) is 0 Å². The van der Waals surface area contributed by atoms with E-state index in [1.54, 1.807) is 6.20 Å². The van der Waals surface area contributed by atoms with Gasteiger partial charge in [-0.25, -0.2) is 0 Å². The van der Waals surface area contributed by atoms with E-state index in [2.05, 4.69) is 27.0 Å². The lowest BCUT2D eigenvalue weighted by molar-refractivity contribution is -0.0254. The summed E-state index contributed by atoms with van der Waals surface area (Å²) in [6.45, 7) is 2.70. The predicted octanol–water partition coefficient (Wildman–Crippen LogP) is 4.94. The summed E-state index contributed by atoms with van der Waals surface area (Å²) in [5, 5.41) is 11.8. The maximum atomic E-state index is 11.1. The lowest BCUT2D eigenvalue weighted by Crippen LogP contribution is -2.42. The van der Waals surface area contributed by atoms with Crippen molar-refractivity contribution in [1.29, 1.82) is 0 Å². The summed E-state index contributed by atoms with van der Waals surface area (Å²) >= 11 is 5.99. The van der Waals surface area contributed by atoms with E-state index in [0.29, 0.717) is 5.02 Å². The number of halogens is 1. The van der Waals surface area contributed by atoms with Crippen LogP contribution in [0.2, 0.25) is 5.02 Å². The van der Waals surface area contributed by atoms with Gasteiger partial charge in [0.05, 0.1) is 11.3 Å². The number of hydrogen-bond donors (Lipinski definition) is 1. The summed E-state index contributed by atoms with van der Waals surface area (Å²) in [6.07, 6.45) is 10.1. The second-order valence-corrected chi connectivity index (χ2v) is 8.18. The molecule has 0 amide bonds.